The summed E-state index contributed by atoms with van der Waals surface area (Å²) >= 11 is 0. The Bertz CT molecular complexity index is 2210. The van der Waals surface area contributed by atoms with Crippen LogP contribution in [-0.4, -0.2) is 44.6 Å². The lowest BCUT2D eigenvalue weighted by Gasteiger charge is -2.44. The summed E-state index contributed by atoms with van der Waals surface area (Å²) in [6.45, 7) is 7.55. The summed E-state index contributed by atoms with van der Waals surface area (Å²) in [5, 5.41) is 12.4. The van der Waals surface area contributed by atoms with Gasteiger partial charge in [-0.05, 0) is 86.8 Å². The van der Waals surface area contributed by atoms with Gasteiger partial charge >= 0.3 is 0 Å². The van der Waals surface area contributed by atoms with E-state index in [0.29, 0.717) is 38.2 Å². The van der Waals surface area contributed by atoms with Gasteiger partial charge in [-0.1, -0.05) is 148 Å². The average molecular weight is 760 g/mol. The highest BCUT2D eigenvalue weighted by Gasteiger charge is 2.58. The van der Waals surface area contributed by atoms with E-state index in [-0.39, 0.29) is 34.6 Å². The van der Waals surface area contributed by atoms with Crippen molar-refractivity contribution in [3.63, 3.8) is 0 Å². The molecule has 2 heterocycles. The van der Waals surface area contributed by atoms with Gasteiger partial charge in [0.25, 0.3) is 8.32 Å². The zero-order valence-electron chi connectivity index (χ0n) is 32.3. The maximum absolute atomic E-state index is 14.4. The van der Waals surface area contributed by atoms with Crippen molar-refractivity contribution in [3.05, 3.63) is 168 Å². The van der Waals surface area contributed by atoms with Gasteiger partial charge in [0.2, 0.25) is 11.8 Å². The van der Waals surface area contributed by atoms with Crippen LogP contribution in [0.5, 0.6) is 5.75 Å². The molecule has 0 unspecified atom stereocenters. The van der Waals surface area contributed by atoms with E-state index in [2.05, 4.69) is 87.5 Å². The summed E-state index contributed by atoms with van der Waals surface area (Å²) in [6.07, 6.45) is 3.74. The molecule has 284 valence electrons. The number of imide groups is 1. The Morgan fingerprint density at radius 1 is 0.786 bits per heavy atom. The fraction of sp³-hybridized carbons (Fsp3) is 0.265. The second-order valence-electron chi connectivity index (χ2n) is 16.3. The maximum Gasteiger partial charge on any atom is 0.261 e. The van der Waals surface area contributed by atoms with Gasteiger partial charge in [0, 0.05) is 5.92 Å². The topological polar surface area (TPSA) is 76.1 Å². The number of rotatable bonds is 11. The molecule has 5 aromatic rings. The molecule has 2 saturated heterocycles. The van der Waals surface area contributed by atoms with Crippen molar-refractivity contribution >= 4 is 47.8 Å². The molecule has 7 heteroatoms. The molecule has 0 radical (unpaired) electrons. The van der Waals surface area contributed by atoms with Gasteiger partial charge in [-0.25, -0.2) is 0 Å². The van der Waals surface area contributed by atoms with E-state index in [9.17, 15) is 14.7 Å². The number of benzene rings is 5. The van der Waals surface area contributed by atoms with E-state index in [4.69, 9.17) is 9.16 Å². The lowest BCUT2D eigenvalue weighted by atomic mass is 9.69. The molecule has 0 bridgehead atoms. The third-order valence-corrected chi connectivity index (χ3v) is 16.9. The van der Waals surface area contributed by atoms with E-state index < -0.39 is 20.2 Å². The number of hydrogen-bond acceptors (Lipinski definition) is 5. The highest BCUT2D eigenvalue weighted by Crippen LogP contribution is 2.51. The van der Waals surface area contributed by atoms with E-state index >= 15 is 0 Å². The van der Waals surface area contributed by atoms with Gasteiger partial charge in [-0.15, -0.1) is 0 Å². The SMILES string of the molecule is CC(C)(C)[Si](OCC1=C2[C@@H](CC/C(=C/c3cccc(O)c3)c3ccccc3)OC[C@@H]2[C@@H]2C(=O)N(c3ccccc3)C(=O)[C@@H]2C1)(c1ccccc1)c1ccccc1. The number of carbonyl (C=O) groups excluding carboxylic acids is 2. The molecule has 4 atom stereocenters. The van der Waals surface area contributed by atoms with Crippen LogP contribution in [0.4, 0.5) is 5.69 Å². The molecule has 0 spiro atoms. The third-order valence-electron chi connectivity index (χ3n) is 11.9. The number of aromatic hydroxyl groups is 1. The number of phenols is 1. The molecule has 2 amide bonds. The first-order valence-corrected chi connectivity index (χ1v) is 21.6. The predicted molar refractivity (Wildman–Crippen MR) is 226 cm³/mol. The van der Waals surface area contributed by atoms with Crippen molar-refractivity contribution in [3.8, 4) is 5.75 Å². The summed E-state index contributed by atoms with van der Waals surface area (Å²) in [7, 11) is -2.92. The van der Waals surface area contributed by atoms with Crippen LogP contribution >= 0.6 is 0 Å². The third kappa shape index (κ3) is 7.00. The molecule has 6 nitrogen and oxygen atoms in total. The predicted octanol–water partition coefficient (Wildman–Crippen LogP) is 8.81. The molecular weight excluding hydrogens is 711 g/mol. The van der Waals surface area contributed by atoms with Crippen molar-refractivity contribution in [1.29, 1.82) is 0 Å². The Balaban J connectivity index is 1.19. The van der Waals surface area contributed by atoms with E-state index in [0.717, 1.165) is 27.8 Å². The van der Waals surface area contributed by atoms with Crippen LogP contribution < -0.4 is 15.3 Å². The summed E-state index contributed by atoms with van der Waals surface area (Å²) in [5.74, 6) is -1.26. The number of hydrogen-bond donors (Lipinski definition) is 1. The number of para-hydroxylation sites is 1. The van der Waals surface area contributed by atoms with Crippen LogP contribution in [0.1, 0.15) is 51.2 Å². The van der Waals surface area contributed by atoms with Crippen LogP contribution in [0.25, 0.3) is 11.6 Å². The van der Waals surface area contributed by atoms with E-state index in [1.54, 1.807) is 12.1 Å². The lowest BCUT2D eigenvalue weighted by molar-refractivity contribution is -0.122. The molecule has 1 N–H and O–H groups in total. The average Bonchev–Trinajstić information content (AvgIpc) is 3.75. The van der Waals surface area contributed by atoms with Crippen molar-refractivity contribution in [2.24, 2.45) is 17.8 Å². The van der Waals surface area contributed by atoms with Crippen molar-refractivity contribution in [2.45, 2.75) is 51.2 Å². The standard InChI is InChI=1S/C49H49NO5Si/c1-49(2,3)56(40-23-12-6-13-24-40,41-25-14-7-15-26-41)55-32-37-31-42-46(48(53)50(47(42)52)38-20-10-5-11-21-38)43-33-54-44(45(37)43)28-27-36(35-18-8-4-9-19-35)29-34-17-16-22-39(51)30-34/h4-26,29-30,42-44,46,51H,27-28,31-33H2,1-3H3/b36-29-/t42-,43+,44-,46-/m1/s1. The van der Waals surface area contributed by atoms with Crippen LogP contribution in [0.15, 0.2) is 157 Å². The fourth-order valence-electron chi connectivity index (χ4n) is 9.45. The zero-order valence-corrected chi connectivity index (χ0v) is 33.3. The molecule has 8 rings (SSSR count). The number of carbonyl (C=O) groups is 2. The minimum Gasteiger partial charge on any atom is -0.508 e. The molecule has 0 aromatic heterocycles. The van der Waals surface area contributed by atoms with Gasteiger partial charge < -0.3 is 14.3 Å². The summed E-state index contributed by atoms with van der Waals surface area (Å²) in [6, 6.07) is 48.2. The molecule has 1 aliphatic carbocycles. The summed E-state index contributed by atoms with van der Waals surface area (Å²) in [4.78, 5) is 30.1. The molecule has 5 aromatic carbocycles. The number of amides is 2. The first-order valence-electron chi connectivity index (χ1n) is 19.7. The smallest absolute Gasteiger partial charge is 0.261 e. The molecule has 2 aliphatic heterocycles. The number of allylic oxidation sites excluding steroid dienone is 1. The number of nitrogens with zero attached hydrogens (tertiary/aromatic N) is 1. The normalized spacial score (nSPS) is 21.3. The zero-order chi connectivity index (χ0) is 38.9. The Morgan fingerprint density at radius 3 is 2.00 bits per heavy atom. The van der Waals surface area contributed by atoms with E-state index in [1.807, 2.05) is 72.8 Å². The van der Waals surface area contributed by atoms with Crippen LogP contribution in [-0.2, 0) is 18.8 Å². The minimum atomic E-state index is -2.92. The van der Waals surface area contributed by atoms with Crippen molar-refractivity contribution < 1.29 is 23.9 Å². The largest absolute Gasteiger partial charge is 0.508 e. The highest BCUT2D eigenvalue weighted by atomic mass is 28.4. The molecule has 0 saturated carbocycles. The van der Waals surface area contributed by atoms with Gasteiger partial charge in [0.15, 0.2) is 0 Å². The van der Waals surface area contributed by atoms with Gasteiger partial charge in [-0.2, -0.15) is 0 Å². The second kappa shape index (κ2) is 15.7. The van der Waals surface area contributed by atoms with Gasteiger partial charge in [0.1, 0.15) is 5.75 Å². The quantitative estimate of drug-likeness (QED) is 0.0631. The van der Waals surface area contributed by atoms with Crippen molar-refractivity contribution in [2.75, 3.05) is 18.1 Å². The number of phenolic OH excluding ortho intramolecular Hbond substituents is 1. The molecule has 2 fully saturated rings. The first kappa shape index (κ1) is 37.6. The Morgan fingerprint density at radius 2 is 1.39 bits per heavy atom. The first-order chi connectivity index (χ1) is 27.2. The Kier molecular flexibility index (Phi) is 10.5. The number of fused-ring (bicyclic) bond motifs is 3. The van der Waals surface area contributed by atoms with Crippen LogP contribution in [0.3, 0.4) is 0 Å². The second-order valence-corrected chi connectivity index (χ2v) is 20.6. The van der Waals surface area contributed by atoms with E-state index in [1.165, 1.54) is 15.3 Å². The molecule has 3 aliphatic rings. The Labute approximate surface area is 331 Å². The number of ether oxygens (including phenoxy) is 1. The van der Waals surface area contributed by atoms with Crippen LogP contribution in [0, 0.1) is 17.8 Å². The summed E-state index contributed by atoms with van der Waals surface area (Å²) < 4.78 is 14.3. The number of anilines is 1. The van der Waals surface area contributed by atoms with Crippen molar-refractivity contribution in [1.82, 2.24) is 0 Å². The lowest BCUT2D eigenvalue weighted by Crippen LogP contribution is -2.66. The fourth-order valence-corrected chi connectivity index (χ4v) is 14.0. The molecule has 56 heavy (non-hydrogen) atoms. The maximum atomic E-state index is 14.4. The van der Waals surface area contributed by atoms with Gasteiger partial charge in [0.05, 0.1) is 36.8 Å². The van der Waals surface area contributed by atoms with Gasteiger partial charge in [-0.3, -0.25) is 14.5 Å². The highest BCUT2D eigenvalue weighted by molar-refractivity contribution is 6.99. The monoisotopic (exact) mass is 759 g/mol. The molecular formula is C49H49NO5Si. The van der Waals surface area contributed by atoms with Crippen LogP contribution in [0.2, 0.25) is 5.04 Å². The minimum absolute atomic E-state index is 0.140. The summed E-state index contributed by atoms with van der Waals surface area (Å²) in [5.41, 5.74) is 5.98. The Hall–Kier alpha value is -5.34.